The Kier molecular flexibility index (Phi) is 6.42. The molecule has 2 amide bonds. The number of methoxy groups -OCH3 is 1. The van der Waals surface area contributed by atoms with Crippen molar-refractivity contribution in [2.45, 2.75) is 0 Å². The van der Waals surface area contributed by atoms with Crippen molar-refractivity contribution in [3.8, 4) is 17.2 Å². The molecule has 162 valence electrons. The van der Waals surface area contributed by atoms with E-state index in [0.717, 1.165) is 0 Å². The number of carbonyl (C=O) groups excluding carboxylic acids is 2. The molecule has 1 aliphatic heterocycles. The van der Waals surface area contributed by atoms with Crippen LogP contribution in [-0.2, 0) is 4.79 Å². The van der Waals surface area contributed by atoms with Gasteiger partial charge < -0.3 is 24.8 Å². The monoisotopic (exact) mass is 494 g/mol. The zero-order valence-corrected chi connectivity index (χ0v) is 18.6. The Bertz CT molecular complexity index is 1190. The molecule has 0 saturated heterocycles. The molecule has 0 aromatic heterocycles. The normalized spacial score (nSPS) is 12.2. The van der Waals surface area contributed by atoms with Crippen molar-refractivity contribution >= 4 is 39.5 Å². The fourth-order valence-corrected chi connectivity index (χ4v) is 3.50. The van der Waals surface area contributed by atoms with Crippen molar-refractivity contribution in [1.82, 2.24) is 5.32 Å². The predicted molar refractivity (Wildman–Crippen MR) is 124 cm³/mol. The maximum Gasteiger partial charge on any atom is 0.272 e. The van der Waals surface area contributed by atoms with Crippen molar-refractivity contribution in [3.05, 3.63) is 88.0 Å². The van der Waals surface area contributed by atoms with Crippen LogP contribution >= 0.6 is 15.9 Å². The fraction of sp³-hybridized carbons (Fsp3) is 0.0833. The number of nitrogens with one attached hydrogen (secondary N) is 2. The van der Waals surface area contributed by atoms with Crippen LogP contribution in [0.25, 0.3) is 6.08 Å². The van der Waals surface area contributed by atoms with Crippen LogP contribution in [0.4, 0.5) is 5.69 Å². The van der Waals surface area contributed by atoms with E-state index in [2.05, 4.69) is 26.6 Å². The summed E-state index contributed by atoms with van der Waals surface area (Å²) in [7, 11) is 1.57. The van der Waals surface area contributed by atoms with E-state index in [1.165, 1.54) is 0 Å². The van der Waals surface area contributed by atoms with Crippen molar-refractivity contribution in [2.75, 3.05) is 19.2 Å². The van der Waals surface area contributed by atoms with E-state index in [0.29, 0.717) is 38.5 Å². The van der Waals surface area contributed by atoms with Gasteiger partial charge in [0, 0.05) is 10.2 Å². The maximum atomic E-state index is 13.1. The lowest BCUT2D eigenvalue weighted by Crippen LogP contribution is -2.31. The summed E-state index contributed by atoms with van der Waals surface area (Å²) in [5.74, 6) is 0.971. The number of benzene rings is 3. The first-order valence-electron chi connectivity index (χ1n) is 9.66. The second kappa shape index (κ2) is 9.57. The van der Waals surface area contributed by atoms with E-state index < -0.39 is 11.8 Å². The molecule has 0 fully saturated rings. The summed E-state index contributed by atoms with van der Waals surface area (Å²) in [6.07, 6.45) is 1.58. The minimum atomic E-state index is -0.478. The molecule has 4 rings (SSSR count). The van der Waals surface area contributed by atoms with E-state index in [9.17, 15) is 9.59 Å². The third-order valence-corrected chi connectivity index (χ3v) is 5.36. The third kappa shape index (κ3) is 4.92. The topological polar surface area (TPSA) is 85.9 Å². The SMILES string of the molecule is COc1ccc(NC(=O)/C(=C/c2ccc3c(c2)OCO3)NC(=O)c2ccccc2Br)cc1. The van der Waals surface area contributed by atoms with E-state index >= 15 is 0 Å². The molecule has 1 heterocycles. The number of anilines is 1. The Hall–Kier alpha value is -3.78. The lowest BCUT2D eigenvalue weighted by atomic mass is 10.1. The van der Waals surface area contributed by atoms with Gasteiger partial charge in [0.2, 0.25) is 6.79 Å². The molecule has 0 spiro atoms. The van der Waals surface area contributed by atoms with Gasteiger partial charge in [-0.2, -0.15) is 0 Å². The van der Waals surface area contributed by atoms with E-state index in [4.69, 9.17) is 14.2 Å². The molecule has 0 saturated carbocycles. The lowest BCUT2D eigenvalue weighted by Gasteiger charge is -2.12. The molecule has 0 atom stereocenters. The van der Waals surface area contributed by atoms with Crippen molar-refractivity contribution < 1.29 is 23.8 Å². The predicted octanol–water partition coefficient (Wildman–Crippen LogP) is 4.60. The summed E-state index contributed by atoms with van der Waals surface area (Å²) in [5.41, 5.74) is 1.70. The molecule has 2 N–H and O–H groups in total. The molecule has 0 radical (unpaired) electrons. The van der Waals surface area contributed by atoms with Gasteiger partial charge in [0.15, 0.2) is 11.5 Å². The van der Waals surface area contributed by atoms with Gasteiger partial charge >= 0.3 is 0 Å². The summed E-state index contributed by atoms with van der Waals surface area (Å²) in [5, 5.41) is 5.51. The van der Waals surface area contributed by atoms with E-state index in [1.54, 1.807) is 79.9 Å². The van der Waals surface area contributed by atoms with Crippen LogP contribution in [0.3, 0.4) is 0 Å². The average molecular weight is 495 g/mol. The number of halogens is 1. The van der Waals surface area contributed by atoms with Gasteiger partial charge in [-0.1, -0.05) is 18.2 Å². The van der Waals surface area contributed by atoms with E-state index in [1.807, 2.05) is 0 Å². The molecular weight excluding hydrogens is 476 g/mol. The summed E-state index contributed by atoms with van der Waals surface area (Å²) < 4.78 is 16.5. The summed E-state index contributed by atoms with van der Waals surface area (Å²) >= 11 is 3.37. The van der Waals surface area contributed by atoms with Gasteiger partial charge in [-0.25, -0.2) is 0 Å². The Morgan fingerprint density at radius 3 is 2.50 bits per heavy atom. The Labute approximate surface area is 193 Å². The Balaban J connectivity index is 1.62. The number of carbonyl (C=O) groups is 2. The highest BCUT2D eigenvalue weighted by molar-refractivity contribution is 9.10. The quantitative estimate of drug-likeness (QED) is 0.489. The van der Waals surface area contributed by atoms with Crippen LogP contribution in [0, 0.1) is 0 Å². The van der Waals surface area contributed by atoms with Gasteiger partial charge in [0.1, 0.15) is 11.4 Å². The summed E-state index contributed by atoms with van der Waals surface area (Å²) in [4.78, 5) is 25.9. The first-order chi connectivity index (χ1) is 15.5. The smallest absolute Gasteiger partial charge is 0.272 e. The number of ether oxygens (including phenoxy) is 3. The van der Waals surface area contributed by atoms with Crippen LogP contribution in [0.1, 0.15) is 15.9 Å². The van der Waals surface area contributed by atoms with Crippen LogP contribution in [-0.4, -0.2) is 25.7 Å². The zero-order chi connectivity index (χ0) is 22.5. The van der Waals surface area contributed by atoms with Gasteiger partial charge in [-0.05, 0) is 76.1 Å². The molecule has 0 unspecified atom stereocenters. The molecule has 1 aliphatic rings. The van der Waals surface area contributed by atoms with Crippen LogP contribution in [0.2, 0.25) is 0 Å². The van der Waals surface area contributed by atoms with Gasteiger partial charge in [0.25, 0.3) is 11.8 Å². The van der Waals surface area contributed by atoms with Crippen molar-refractivity contribution in [3.63, 3.8) is 0 Å². The molecule has 3 aromatic carbocycles. The highest BCUT2D eigenvalue weighted by atomic mass is 79.9. The third-order valence-electron chi connectivity index (χ3n) is 4.67. The first-order valence-corrected chi connectivity index (χ1v) is 10.5. The second-order valence-electron chi connectivity index (χ2n) is 6.79. The zero-order valence-electron chi connectivity index (χ0n) is 17.1. The van der Waals surface area contributed by atoms with Crippen LogP contribution in [0.5, 0.6) is 17.2 Å². The van der Waals surface area contributed by atoms with Gasteiger partial charge in [-0.3, -0.25) is 9.59 Å². The lowest BCUT2D eigenvalue weighted by molar-refractivity contribution is -0.113. The second-order valence-corrected chi connectivity index (χ2v) is 7.64. The minimum absolute atomic E-state index is 0.0698. The molecule has 7 nitrogen and oxygen atoms in total. The summed E-state index contributed by atoms with van der Waals surface area (Å²) in [6, 6.07) is 19.1. The molecule has 0 aliphatic carbocycles. The standard InChI is InChI=1S/C24H19BrN2O5/c1-30-17-9-7-16(8-10-17)26-24(29)20(27-23(28)18-4-2-3-5-19(18)25)12-15-6-11-21-22(13-15)32-14-31-21/h2-13H,14H2,1H3,(H,26,29)(H,27,28)/b20-12-. The molecule has 0 bridgehead atoms. The highest BCUT2D eigenvalue weighted by Gasteiger charge is 2.18. The minimum Gasteiger partial charge on any atom is -0.497 e. The molecule has 3 aromatic rings. The Morgan fingerprint density at radius 1 is 1.00 bits per heavy atom. The van der Waals surface area contributed by atoms with Crippen LogP contribution < -0.4 is 24.8 Å². The average Bonchev–Trinajstić information content (AvgIpc) is 3.27. The molecule has 8 heteroatoms. The van der Waals surface area contributed by atoms with Crippen LogP contribution in [0.15, 0.2) is 76.9 Å². The number of hydrogen-bond acceptors (Lipinski definition) is 5. The van der Waals surface area contributed by atoms with Gasteiger partial charge in [0.05, 0.1) is 12.7 Å². The molecular formula is C24H19BrN2O5. The van der Waals surface area contributed by atoms with Crippen molar-refractivity contribution in [1.29, 1.82) is 0 Å². The first kappa shape index (κ1) is 21.5. The largest absolute Gasteiger partial charge is 0.497 e. The fourth-order valence-electron chi connectivity index (χ4n) is 3.04. The number of fused-ring (bicyclic) bond motifs is 1. The Morgan fingerprint density at radius 2 is 1.75 bits per heavy atom. The number of rotatable bonds is 6. The number of amides is 2. The van der Waals surface area contributed by atoms with Crippen molar-refractivity contribution in [2.24, 2.45) is 0 Å². The summed E-state index contributed by atoms with van der Waals surface area (Å²) in [6.45, 7) is 0.145. The maximum absolute atomic E-state index is 13.1. The van der Waals surface area contributed by atoms with Gasteiger partial charge in [-0.15, -0.1) is 0 Å². The highest BCUT2D eigenvalue weighted by Crippen LogP contribution is 2.33. The number of hydrogen-bond donors (Lipinski definition) is 2. The molecule has 32 heavy (non-hydrogen) atoms. The van der Waals surface area contributed by atoms with E-state index in [-0.39, 0.29) is 12.5 Å².